The van der Waals surface area contributed by atoms with Gasteiger partial charge in [0.05, 0.1) is 15.3 Å². The number of carbonyl (C=O) groups is 2. The molecule has 0 spiro atoms. The number of Topliss-reactive ketones (excluding diaryl/α,β-unsaturated/α-hetero) is 1. The van der Waals surface area contributed by atoms with Gasteiger partial charge in [-0.2, -0.15) is 0 Å². The summed E-state index contributed by atoms with van der Waals surface area (Å²) in [4.78, 5) is 25.1. The van der Waals surface area contributed by atoms with Crippen molar-refractivity contribution in [2.24, 2.45) is 5.41 Å². The topological polar surface area (TPSA) is 59.3 Å². The van der Waals surface area contributed by atoms with Crippen LogP contribution in [0.1, 0.15) is 65.9 Å². The van der Waals surface area contributed by atoms with Crippen LogP contribution >= 0.6 is 22.9 Å². The molecule has 0 saturated heterocycles. The molecule has 134 valence electrons. The number of aryl methyl sites for hydroxylation is 1. The van der Waals surface area contributed by atoms with Gasteiger partial charge in [0.15, 0.2) is 5.78 Å². The SMILES string of the molecule is Cc1cc2c(o1)CC(C)(C)CC2NC(=O)CCC(=O)c1ccc(Cl)s1. The molecule has 0 bridgehead atoms. The first-order chi connectivity index (χ1) is 11.7. The second-order valence-corrected chi connectivity index (χ2v) is 9.14. The average molecular weight is 380 g/mol. The van der Waals surface area contributed by atoms with Gasteiger partial charge in [-0.15, -0.1) is 11.3 Å². The molecule has 1 aliphatic carbocycles. The summed E-state index contributed by atoms with van der Waals surface area (Å²) in [6.45, 7) is 6.28. The zero-order valence-corrected chi connectivity index (χ0v) is 16.2. The van der Waals surface area contributed by atoms with Gasteiger partial charge >= 0.3 is 0 Å². The molecule has 0 aliphatic heterocycles. The Kier molecular flexibility index (Phi) is 5.07. The molecule has 1 unspecified atom stereocenters. The lowest BCUT2D eigenvalue weighted by atomic mass is 9.74. The number of hydrogen-bond acceptors (Lipinski definition) is 4. The number of nitrogens with one attached hydrogen (secondary N) is 1. The Morgan fingerprint density at radius 1 is 1.36 bits per heavy atom. The van der Waals surface area contributed by atoms with Crippen LogP contribution in [0.25, 0.3) is 0 Å². The zero-order chi connectivity index (χ0) is 18.2. The second-order valence-electron chi connectivity index (χ2n) is 7.43. The minimum Gasteiger partial charge on any atom is -0.466 e. The summed E-state index contributed by atoms with van der Waals surface area (Å²) in [5.74, 6) is 1.68. The number of hydrogen-bond donors (Lipinski definition) is 1. The minimum atomic E-state index is -0.108. The van der Waals surface area contributed by atoms with E-state index in [9.17, 15) is 9.59 Å². The monoisotopic (exact) mass is 379 g/mol. The fourth-order valence-electron chi connectivity index (χ4n) is 3.39. The largest absolute Gasteiger partial charge is 0.466 e. The van der Waals surface area contributed by atoms with Gasteiger partial charge < -0.3 is 9.73 Å². The first kappa shape index (κ1) is 18.2. The number of furan rings is 1. The van der Waals surface area contributed by atoms with Crippen LogP contribution in [0.2, 0.25) is 4.34 Å². The van der Waals surface area contributed by atoms with Crippen LogP contribution in [0.5, 0.6) is 0 Å². The highest BCUT2D eigenvalue weighted by atomic mass is 35.5. The number of halogens is 1. The van der Waals surface area contributed by atoms with E-state index < -0.39 is 0 Å². The summed E-state index contributed by atoms with van der Waals surface area (Å²) in [5.41, 5.74) is 1.14. The number of amides is 1. The highest BCUT2D eigenvalue weighted by Gasteiger charge is 2.35. The van der Waals surface area contributed by atoms with E-state index in [1.807, 2.05) is 13.0 Å². The molecule has 4 nitrogen and oxygen atoms in total. The first-order valence-corrected chi connectivity index (χ1v) is 9.60. The van der Waals surface area contributed by atoms with Crippen molar-refractivity contribution in [3.05, 3.63) is 44.5 Å². The molecule has 6 heteroatoms. The smallest absolute Gasteiger partial charge is 0.220 e. The number of fused-ring (bicyclic) bond motifs is 1. The van der Waals surface area contributed by atoms with Gasteiger partial charge in [-0.3, -0.25) is 9.59 Å². The molecule has 1 amide bonds. The van der Waals surface area contributed by atoms with Crippen molar-refractivity contribution in [2.45, 2.75) is 52.5 Å². The zero-order valence-electron chi connectivity index (χ0n) is 14.6. The van der Waals surface area contributed by atoms with Gasteiger partial charge in [-0.1, -0.05) is 25.4 Å². The van der Waals surface area contributed by atoms with Gasteiger partial charge in [0.2, 0.25) is 5.91 Å². The van der Waals surface area contributed by atoms with E-state index in [0.29, 0.717) is 9.21 Å². The van der Waals surface area contributed by atoms with Crippen molar-refractivity contribution in [2.75, 3.05) is 0 Å². The number of rotatable bonds is 5. The maximum absolute atomic E-state index is 12.4. The minimum absolute atomic E-state index is 0.0455. The second kappa shape index (κ2) is 6.96. The van der Waals surface area contributed by atoms with E-state index in [-0.39, 0.29) is 36.0 Å². The first-order valence-electron chi connectivity index (χ1n) is 8.41. The lowest BCUT2D eigenvalue weighted by molar-refractivity contribution is -0.122. The summed E-state index contributed by atoms with van der Waals surface area (Å²) in [7, 11) is 0. The van der Waals surface area contributed by atoms with Crippen LogP contribution in [0.4, 0.5) is 0 Å². The molecule has 0 fully saturated rings. The molecule has 0 radical (unpaired) electrons. The quantitative estimate of drug-likeness (QED) is 0.735. The highest BCUT2D eigenvalue weighted by Crippen LogP contribution is 2.42. The molecular formula is C19H22ClNO3S. The van der Waals surface area contributed by atoms with Gasteiger partial charge in [0.1, 0.15) is 11.5 Å². The number of thiophene rings is 1. The maximum Gasteiger partial charge on any atom is 0.220 e. The van der Waals surface area contributed by atoms with Crippen molar-refractivity contribution in [3.63, 3.8) is 0 Å². The Morgan fingerprint density at radius 3 is 2.80 bits per heavy atom. The van der Waals surface area contributed by atoms with E-state index in [4.69, 9.17) is 16.0 Å². The Balaban J connectivity index is 1.61. The Bertz CT molecular complexity index is 805. The fourth-order valence-corrected chi connectivity index (χ4v) is 4.40. The van der Waals surface area contributed by atoms with Gasteiger partial charge in [0.25, 0.3) is 0 Å². The van der Waals surface area contributed by atoms with E-state index >= 15 is 0 Å². The van der Waals surface area contributed by atoms with Gasteiger partial charge in [-0.05, 0) is 37.0 Å². The summed E-state index contributed by atoms with van der Waals surface area (Å²) in [5, 5.41) is 3.08. The number of ketones is 1. The highest BCUT2D eigenvalue weighted by molar-refractivity contribution is 7.18. The van der Waals surface area contributed by atoms with Crippen LogP contribution in [-0.4, -0.2) is 11.7 Å². The van der Waals surface area contributed by atoms with Crippen LogP contribution in [0.15, 0.2) is 22.6 Å². The van der Waals surface area contributed by atoms with E-state index in [0.717, 1.165) is 29.9 Å². The average Bonchev–Trinajstić information content (AvgIpc) is 3.09. The molecule has 2 aromatic heterocycles. The predicted octanol–water partition coefficient (Wildman–Crippen LogP) is 5.10. The Labute approximate surface area is 156 Å². The Hall–Kier alpha value is -1.59. The summed E-state index contributed by atoms with van der Waals surface area (Å²) in [6.07, 6.45) is 2.10. The molecule has 1 atom stereocenters. The third kappa shape index (κ3) is 4.33. The van der Waals surface area contributed by atoms with Crippen molar-refractivity contribution >= 4 is 34.6 Å². The van der Waals surface area contributed by atoms with Crippen molar-refractivity contribution in [3.8, 4) is 0 Å². The third-order valence-corrected chi connectivity index (χ3v) is 5.77. The van der Waals surface area contributed by atoms with E-state index in [1.54, 1.807) is 12.1 Å². The lowest BCUT2D eigenvalue weighted by Gasteiger charge is -2.34. The van der Waals surface area contributed by atoms with E-state index in [2.05, 4.69) is 19.2 Å². The van der Waals surface area contributed by atoms with Crippen LogP contribution in [-0.2, 0) is 11.2 Å². The standard InChI is InChI=1S/C19H22ClNO3S/c1-11-8-12-13(9-19(2,3)10-15(12)24-11)21-18(23)7-4-14(22)16-5-6-17(20)25-16/h5-6,8,13H,4,7,9-10H2,1-3H3,(H,21,23). The molecule has 3 rings (SSSR count). The van der Waals surface area contributed by atoms with Crippen molar-refractivity contribution < 1.29 is 14.0 Å². The lowest BCUT2D eigenvalue weighted by Crippen LogP contribution is -2.36. The molecule has 1 N–H and O–H groups in total. The van der Waals surface area contributed by atoms with Crippen LogP contribution < -0.4 is 5.32 Å². The summed E-state index contributed by atoms with van der Waals surface area (Å²) in [6, 6.07) is 5.35. The van der Waals surface area contributed by atoms with Crippen LogP contribution in [0, 0.1) is 12.3 Å². The molecule has 0 saturated carbocycles. The molecule has 1 aliphatic rings. The third-order valence-electron chi connectivity index (χ3n) is 4.50. The van der Waals surface area contributed by atoms with Crippen molar-refractivity contribution in [1.82, 2.24) is 5.32 Å². The maximum atomic E-state index is 12.4. The predicted molar refractivity (Wildman–Crippen MR) is 99.3 cm³/mol. The molecule has 2 aromatic rings. The van der Waals surface area contributed by atoms with Crippen LogP contribution in [0.3, 0.4) is 0 Å². The molecule has 0 aromatic carbocycles. The van der Waals surface area contributed by atoms with Gasteiger partial charge in [-0.25, -0.2) is 0 Å². The fraction of sp³-hybridized carbons (Fsp3) is 0.474. The van der Waals surface area contributed by atoms with Gasteiger partial charge in [0, 0.05) is 24.8 Å². The molecular weight excluding hydrogens is 358 g/mol. The molecule has 2 heterocycles. The number of carbonyl (C=O) groups excluding carboxylic acids is 2. The summed E-state index contributed by atoms with van der Waals surface area (Å²) >= 11 is 7.10. The molecule has 25 heavy (non-hydrogen) atoms. The van der Waals surface area contributed by atoms with Crippen molar-refractivity contribution in [1.29, 1.82) is 0 Å². The normalized spacial score (nSPS) is 18.6. The Morgan fingerprint density at radius 2 is 2.12 bits per heavy atom. The van der Waals surface area contributed by atoms with E-state index in [1.165, 1.54) is 11.3 Å². The summed E-state index contributed by atoms with van der Waals surface area (Å²) < 4.78 is 6.38.